The molecule has 0 saturated carbocycles. The van der Waals surface area contributed by atoms with Crippen LogP contribution in [0, 0.1) is 0 Å². The predicted molar refractivity (Wildman–Crippen MR) is 111 cm³/mol. The number of hydrogen-bond acceptors (Lipinski definition) is 3. The molecule has 1 aromatic heterocycles. The summed E-state index contributed by atoms with van der Waals surface area (Å²) >= 11 is 0. The number of rotatable bonds is 7. The van der Waals surface area contributed by atoms with Gasteiger partial charge in [0.05, 0.1) is 0 Å². The number of benzene rings is 1. The van der Waals surface area contributed by atoms with Crippen molar-refractivity contribution >= 4 is 5.96 Å². The van der Waals surface area contributed by atoms with Crippen molar-refractivity contribution < 1.29 is 0 Å². The van der Waals surface area contributed by atoms with E-state index in [1.807, 2.05) is 30.2 Å². The van der Waals surface area contributed by atoms with Crippen molar-refractivity contribution in [2.24, 2.45) is 4.99 Å². The Morgan fingerprint density at radius 2 is 2.00 bits per heavy atom. The number of nitrogens with one attached hydrogen (secondary N) is 2. The Bertz CT molecular complexity index is 735. The summed E-state index contributed by atoms with van der Waals surface area (Å²) in [5, 5.41) is 11.1. The van der Waals surface area contributed by atoms with E-state index in [0.29, 0.717) is 0 Å². The first-order valence-corrected chi connectivity index (χ1v) is 9.82. The Morgan fingerprint density at radius 3 is 2.74 bits per heavy atom. The maximum absolute atomic E-state index is 4.36. The van der Waals surface area contributed by atoms with Crippen molar-refractivity contribution in [1.29, 1.82) is 0 Å². The van der Waals surface area contributed by atoms with Crippen molar-refractivity contribution in [3.05, 3.63) is 53.9 Å². The highest BCUT2D eigenvalue weighted by atomic mass is 15.3. The molecule has 0 bridgehead atoms. The molecule has 27 heavy (non-hydrogen) atoms. The average Bonchev–Trinajstić information content (AvgIpc) is 3.20. The summed E-state index contributed by atoms with van der Waals surface area (Å²) < 4.78 is 1.95. The van der Waals surface area contributed by atoms with Crippen molar-refractivity contribution in [3.63, 3.8) is 0 Å². The zero-order valence-electron chi connectivity index (χ0n) is 16.8. The van der Waals surface area contributed by atoms with Crippen LogP contribution in [0.2, 0.25) is 0 Å². The third kappa shape index (κ3) is 5.32. The van der Waals surface area contributed by atoms with Crippen LogP contribution in [-0.2, 0) is 19.5 Å². The molecule has 0 radical (unpaired) electrons. The highest BCUT2D eigenvalue weighted by Crippen LogP contribution is 2.24. The van der Waals surface area contributed by atoms with Gasteiger partial charge in [0.1, 0.15) is 0 Å². The van der Waals surface area contributed by atoms with Gasteiger partial charge in [-0.05, 0) is 43.9 Å². The summed E-state index contributed by atoms with van der Waals surface area (Å²) in [7, 11) is 1.83. The standard InChI is InChI=1S/C21H32N6/c1-21(2,26-15-10-18-8-4-5-9-19(18)16-26)17-24-20(22-3)23-11-6-13-27-14-7-12-25-27/h4-5,7-9,12,14H,6,10-11,13,15-17H2,1-3H3,(H2,22,23,24). The molecule has 146 valence electrons. The molecule has 6 nitrogen and oxygen atoms in total. The van der Waals surface area contributed by atoms with Crippen LogP contribution >= 0.6 is 0 Å². The molecule has 0 amide bonds. The lowest BCUT2D eigenvalue weighted by molar-refractivity contribution is 0.107. The molecular formula is C21H32N6. The van der Waals surface area contributed by atoms with Crippen molar-refractivity contribution in [2.45, 2.75) is 45.3 Å². The molecule has 2 N–H and O–H groups in total. The fourth-order valence-corrected chi connectivity index (χ4v) is 3.53. The van der Waals surface area contributed by atoms with Gasteiger partial charge in [0.2, 0.25) is 0 Å². The lowest BCUT2D eigenvalue weighted by Gasteiger charge is -2.42. The molecule has 0 saturated heterocycles. The Labute approximate surface area is 162 Å². The molecule has 0 atom stereocenters. The molecule has 0 aliphatic carbocycles. The zero-order chi connectivity index (χ0) is 19.1. The molecule has 0 spiro atoms. The van der Waals surface area contributed by atoms with Crippen LogP contribution in [0.3, 0.4) is 0 Å². The third-order valence-electron chi connectivity index (χ3n) is 5.31. The largest absolute Gasteiger partial charge is 0.356 e. The quantitative estimate of drug-likeness (QED) is 0.447. The van der Waals surface area contributed by atoms with Gasteiger partial charge in [-0.2, -0.15) is 5.10 Å². The Kier molecular flexibility index (Phi) is 6.50. The minimum atomic E-state index is 0.0558. The SMILES string of the molecule is CN=C(NCCCn1cccn1)NCC(C)(C)N1CCc2ccccc2C1. The lowest BCUT2D eigenvalue weighted by atomic mass is 9.94. The summed E-state index contributed by atoms with van der Waals surface area (Å²) in [5.74, 6) is 0.862. The van der Waals surface area contributed by atoms with Gasteiger partial charge in [0, 0.05) is 57.7 Å². The van der Waals surface area contributed by atoms with E-state index in [1.165, 1.54) is 11.1 Å². The highest BCUT2D eigenvalue weighted by Gasteiger charge is 2.29. The van der Waals surface area contributed by atoms with Crippen molar-refractivity contribution in [3.8, 4) is 0 Å². The maximum atomic E-state index is 4.36. The van der Waals surface area contributed by atoms with Crippen LogP contribution in [0.4, 0.5) is 0 Å². The van der Waals surface area contributed by atoms with Gasteiger partial charge < -0.3 is 10.6 Å². The van der Waals surface area contributed by atoms with E-state index in [-0.39, 0.29) is 5.54 Å². The summed E-state index contributed by atoms with van der Waals surface area (Å²) in [6.07, 6.45) is 5.94. The van der Waals surface area contributed by atoms with Crippen LogP contribution in [0.15, 0.2) is 47.7 Å². The van der Waals surface area contributed by atoms with E-state index in [4.69, 9.17) is 0 Å². The van der Waals surface area contributed by atoms with Gasteiger partial charge in [0.25, 0.3) is 0 Å². The maximum Gasteiger partial charge on any atom is 0.191 e. The summed E-state index contributed by atoms with van der Waals surface area (Å²) in [4.78, 5) is 6.92. The van der Waals surface area contributed by atoms with Crippen LogP contribution in [0.25, 0.3) is 0 Å². The van der Waals surface area contributed by atoms with Crippen LogP contribution in [0.1, 0.15) is 31.4 Å². The summed E-state index contributed by atoms with van der Waals surface area (Å²) in [6, 6.07) is 10.7. The number of aliphatic imine (C=N–C) groups is 1. The molecule has 6 heteroatoms. The van der Waals surface area contributed by atoms with Gasteiger partial charge in [-0.1, -0.05) is 24.3 Å². The highest BCUT2D eigenvalue weighted by molar-refractivity contribution is 5.79. The number of aryl methyl sites for hydroxylation is 1. The Balaban J connectivity index is 1.44. The molecule has 2 heterocycles. The van der Waals surface area contributed by atoms with E-state index in [1.54, 1.807) is 0 Å². The van der Waals surface area contributed by atoms with E-state index in [2.05, 4.69) is 63.7 Å². The number of nitrogens with zero attached hydrogens (tertiary/aromatic N) is 4. The first kappa shape index (κ1) is 19.4. The topological polar surface area (TPSA) is 57.5 Å². The summed E-state index contributed by atoms with van der Waals surface area (Å²) in [5.41, 5.74) is 3.00. The minimum Gasteiger partial charge on any atom is -0.356 e. The van der Waals surface area contributed by atoms with Crippen molar-refractivity contribution in [2.75, 3.05) is 26.7 Å². The molecule has 1 aromatic carbocycles. The van der Waals surface area contributed by atoms with Gasteiger partial charge >= 0.3 is 0 Å². The van der Waals surface area contributed by atoms with Crippen molar-refractivity contribution in [1.82, 2.24) is 25.3 Å². The molecule has 2 aromatic rings. The third-order valence-corrected chi connectivity index (χ3v) is 5.31. The molecule has 1 aliphatic rings. The van der Waals surface area contributed by atoms with E-state index >= 15 is 0 Å². The second-order valence-electron chi connectivity index (χ2n) is 7.73. The predicted octanol–water partition coefficient (Wildman–Crippen LogP) is 2.28. The molecule has 3 rings (SSSR count). The van der Waals surface area contributed by atoms with Gasteiger partial charge in [-0.3, -0.25) is 14.6 Å². The summed E-state index contributed by atoms with van der Waals surface area (Å²) in [6.45, 7) is 9.36. The minimum absolute atomic E-state index is 0.0558. The number of guanidine groups is 1. The monoisotopic (exact) mass is 368 g/mol. The number of fused-ring (bicyclic) bond motifs is 1. The molecule has 0 fully saturated rings. The van der Waals surface area contributed by atoms with Gasteiger partial charge in [-0.15, -0.1) is 0 Å². The van der Waals surface area contributed by atoms with Crippen LogP contribution in [-0.4, -0.2) is 52.9 Å². The van der Waals surface area contributed by atoms with E-state index in [9.17, 15) is 0 Å². The first-order chi connectivity index (χ1) is 13.1. The number of hydrogen-bond donors (Lipinski definition) is 2. The van der Waals surface area contributed by atoms with Crippen LogP contribution in [0.5, 0.6) is 0 Å². The normalized spacial score (nSPS) is 15.4. The molecule has 0 unspecified atom stereocenters. The van der Waals surface area contributed by atoms with Gasteiger partial charge in [0.15, 0.2) is 5.96 Å². The molecular weight excluding hydrogens is 336 g/mol. The Hall–Kier alpha value is -2.34. The molecule has 1 aliphatic heterocycles. The number of aromatic nitrogens is 2. The Morgan fingerprint density at radius 1 is 1.19 bits per heavy atom. The first-order valence-electron chi connectivity index (χ1n) is 9.82. The van der Waals surface area contributed by atoms with Crippen LogP contribution < -0.4 is 10.6 Å². The van der Waals surface area contributed by atoms with Gasteiger partial charge in [-0.25, -0.2) is 0 Å². The lowest BCUT2D eigenvalue weighted by Crippen LogP contribution is -2.54. The second kappa shape index (κ2) is 9.04. The van der Waals surface area contributed by atoms with E-state index < -0.39 is 0 Å². The second-order valence-corrected chi connectivity index (χ2v) is 7.73. The zero-order valence-corrected chi connectivity index (χ0v) is 16.8. The average molecular weight is 369 g/mol. The fraction of sp³-hybridized carbons (Fsp3) is 0.524. The van der Waals surface area contributed by atoms with E-state index in [0.717, 1.165) is 51.5 Å². The fourth-order valence-electron chi connectivity index (χ4n) is 3.53. The smallest absolute Gasteiger partial charge is 0.191 e.